The molecule has 0 aromatic heterocycles. The molecular formula is C29H39N3O2S. The number of hydrogen-bond acceptors (Lipinski definition) is 4. The van der Waals surface area contributed by atoms with Gasteiger partial charge in [0.2, 0.25) is 11.8 Å². The number of amides is 2. The second kappa shape index (κ2) is 11.6. The number of likely N-dealkylation sites (tertiary alicyclic amines) is 2. The van der Waals surface area contributed by atoms with E-state index < -0.39 is 0 Å². The monoisotopic (exact) mass is 493 g/mol. The molecule has 2 aromatic rings. The van der Waals surface area contributed by atoms with E-state index in [0.29, 0.717) is 12.5 Å². The third-order valence-corrected chi connectivity index (χ3v) is 8.47. The number of rotatable bonds is 9. The first-order valence-electron chi connectivity index (χ1n) is 12.9. The van der Waals surface area contributed by atoms with Crippen molar-refractivity contribution in [2.75, 3.05) is 32.4 Å². The van der Waals surface area contributed by atoms with E-state index in [0.717, 1.165) is 57.4 Å². The molecule has 2 aliphatic heterocycles. The number of thioether (sulfide) groups is 1. The van der Waals surface area contributed by atoms with Crippen LogP contribution in [0, 0.1) is 11.3 Å². The number of nitrogens with one attached hydrogen (secondary N) is 1. The lowest BCUT2D eigenvalue weighted by Gasteiger charge is -2.38. The van der Waals surface area contributed by atoms with Crippen LogP contribution < -0.4 is 5.32 Å². The highest BCUT2D eigenvalue weighted by Gasteiger charge is 2.47. The van der Waals surface area contributed by atoms with Crippen LogP contribution in [-0.2, 0) is 16.1 Å². The van der Waals surface area contributed by atoms with Crippen molar-refractivity contribution in [1.82, 2.24) is 15.1 Å². The van der Waals surface area contributed by atoms with Gasteiger partial charge in [0.15, 0.2) is 0 Å². The molecule has 35 heavy (non-hydrogen) atoms. The Bertz CT molecular complexity index is 985. The summed E-state index contributed by atoms with van der Waals surface area (Å²) in [7, 11) is 0. The predicted molar refractivity (Wildman–Crippen MR) is 143 cm³/mol. The maximum Gasteiger partial charge on any atom is 0.229 e. The molecule has 0 aliphatic carbocycles. The average molecular weight is 494 g/mol. The Kier molecular flexibility index (Phi) is 8.55. The topological polar surface area (TPSA) is 52.6 Å². The molecule has 5 nitrogen and oxygen atoms in total. The lowest BCUT2D eigenvalue weighted by Crippen LogP contribution is -2.45. The Morgan fingerprint density at radius 3 is 2.29 bits per heavy atom. The largest absolute Gasteiger partial charge is 0.349 e. The number of carbonyl (C=O) groups is 2. The van der Waals surface area contributed by atoms with Gasteiger partial charge >= 0.3 is 0 Å². The predicted octanol–water partition coefficient (Wildman–Crippen LogP) is 5.13. The van der Waals surface area contributed by atoms with Gasteiger partial charge < -0.3 is 15.1 Å². The molecule has 0 radical (unpaired) electrons. The van der Waals surface area contributed by atoms with E-state index in [4.69, 9.17) is 0 Å². The molecule has 2 fully saturated rings. The van der Waals surface area contributed by atoms with E-state index in [-0.39, 0.29) is 23.3 Å². The summed E-state index contributed by atoms with van der Waals surface area (Å²) in [5, 5.41) is 3.24. The SMILES string of the molecule is CSc1ccc(CN2CCC3(CCN(CCC(NC(=O)C(C)C)c4ccccc4)CC3)C2=O)cc1. The number of nitrogens with zero attached hydrogens (tertiary/aromatic N) is 2. The normalized spacial score (nSPS) is 18.9. The Morgan fingerprint density at radius 2 is 1.66 bits per heavy atom. The molecule has 2 heterocycles. The highest BCUT2D eigenvalue weighted by Crippen LogP contribution is 2.42. The molecule has 2 aliphatic rings. The van der Waals surface area contributed by atoms with Crippen LogP contribution in [0.15, 0.2) is 59.5 Å². The molecule has 1 N–H and O–H groups in total. The number of carbonyl (C=O) groups excluding carboxylic acids is 2. The molecule has 1 atom stereocenters. The fraction of sp³-hybridized carbons (Fsp3) is 0.517. The smallest absolute Gasteiger partial charge is 0.229 e. The summed E-state index contributed by atoms with van der Waals surface area (Å²) >= 11 is 1.74. The first-order valence-corrected chi connectivity index (χ1v) is 14.1. The summed E-state index contributed by atoms with van der Waals surface area (Å²) in [4.78, 5) is 31.6. The van der Waals surface area contributed by atoms with E-state index in [1.807, 2.05) is 32.0 Å². The first-order chi connectivity index (χ1) is 16.9. The molecule has 1 spiro atoms. The maximum absolute atomic E-state index is 13.4. The van der Waals surface area contributed by atoms with Crippen molar-refractivity contribution in [2.24, 2.45) is 11.3 Å². The molecule has 0 bridgehead atoms. The zero-order chi connectivity index (χ0) is 24.8. The molecule has 188 valence electrons. The summed E-state index contributed by atoms with van der Waals surface area (Å²) < 4.78 is 0. The number of piperidine rings is 1. The summed E-state index contributed by atoms with van der Waals surface area (Å²) in [6.07, 6.45) is 5.80. The van der Waals surface area contributed by atoms with Crippen molar-refractivity contribution in [3.63, 3.8) is 0 Å². The minimum atomic E-state index is -0.180. The zero-order valence-corrected chi connectivity index (χ0v) is 22.2. The average Bonchev–Trinajstić information content (AvgIpc) is 3.18. The number of hydrogen-bond donors (Lipinski definition) is 1. The number of benzene rings is 2. The Balaban J connectivity index is 1.30. The zero-order valence-electron chi connectivity index (χ0n) is 21.3. The van der Waals surface area contributed by atoms with E-state index in [9.17, 15) is 9.59 Å². The molecule has 2 amide bonds. The standard InChI is InChI=1S/C29H39N3O2S/c1-22(2)27(33)30-26(24-7-5-4-6-8-24)13-17-31-18-14-29(15-19-31)16-20-32(28(29)34)21-23-9-11-25(35-3)12-10-23/h4-12,22,26H,13-21H2,1-3H3,(H,30,33). The van der Waals surface area contributed by atoms with Crippen LogP contribution in [-0.4, -0.2) is 54.0 Å². The van der Waals surface area contributed by atoms with Crippen LogP contribution in [0.1, 0.15) is 56.7 Å². The fourth-order valence-corrected chi connectivity index (χ4v) is 5.73. The van der Waals surface area contributed by atoms with Gasteiger partial charge in [0, 0.05) is 30.4 Å². The molecule has 4 rings (SSSR count). The van der Waals surface area contributed by atoms with Crippen LogP contribution in [0.4, 0.5) is 0 Å². The molecule has 0 saturated carbocycles. The van der Waals surface area contributed by atoms with Crippen molar-refractivity contribution < 1.29 is 9.59 Å². The lowest BCUT2D eigenvalue weighted by atomic mass is 9.77. The third kappa shape index (κ3) is 6.28. The molecule has 6 heteroatoms. The van der Waals surface area contributed by atoms with Crippen LogP contribution >= 0.6 is 11.8 Å². The minimum Gasteiger partial charge on any atom is -0.349 e. The van der Waals surface area contributed by atoms with Gasteiger partial charge in [0.25, 0.3) is 0 Å². The molecular weight excluding hydrogens is 454 g/mol. The Labute approximate surface area is 214 Å². The lowest BCUT2D eigenvalue weighted by molar-refractivity contribution is -0.139. The van der Waals surface area contributed by atoms with Gasteiger partial charge in [0.1, 0.15) is 0 Å². The van der Waals surface area contributed by atoms with Crippen LogP contribution in [0.2, 0.25) is 0 Å². The first kappa shape index (κ1) is 25.8. The van der Waals surface area contributed by atoms with E-state index in [1.165, 1.54) is 10.5 Å². The third-order valence-electron chi connectivity index (χ3n) is 7.72. The van der Waals surface area contributed by atoms with Gasteiger partial charge in [-0.3, -0.25) is 9.59 Å². The van der Waals surface area contributed by atoms with Crippen molar-refractivity contribution >= 4 is 23.6 Å². The second-order valence-corrected chi connectivity index (χ2v) is 11.2. The summed E-state index contributed by atoms with van der Waals surface area (Å²) in [6.45, 7) is 8.26. The summed E-state index contributed by atoms with van der Waals surface area (Å²) in [6, 6.07) is 18.9. The van der Waals surface area contributed by atoms with E-state index in [2.05, 4.69) is 57.8 Å². The van der Waals surface area contributed by atoms with Crippen molar-refractivity contribution in [3.8, 4) is 0 Å². The van der Waals surface area contributed by atoms with Crippen molar-refractivity contribution in [2.45, 2.75) is 57.0 Å². The van der Waals surface area contributed by atoms with Gasteiger partial charge in [-0.05, 0) is 68.3 Å². The van der Waals surface area contributed by atoms with E-state index in [1.54, 1.807) is 11.8 Å². The van der Waals surface area contributed by atoms with Crippen LogP contribution in [0.5, 0.6) is 0 Å². The molecule has 2 saturated heterocycles. The van der Waals surface area contributed by atoms with Crippen LogP contribution in [0.3, 0.4) is 0 Å². The van der Waals surface area contributed by atoms with Crippen molar-refractivity contribution in [1.29, 1.82) is 0 Å². The quantitative estimate of drug-likeness (QED) is 0.492. The highest BCUT2D eigenvalue weighted by molar-refractivity contribution is 7.98. The molecule has 2 aromatic carbocycles. The van der Waals surface area contributed by atoms with E-state index >= 15 is 0 Å². The summed E-state index contributed by atoms with van der Waals surface area (Å²) in [5.41, 5.74) is 2.18. The highest BCUT2D eigenvalue weighted by atomic mass is 32.2. The van der Waals surface area contributed by atoms with Gasteiger partial charge in [0.05, 0.1) is 11.5 Å². The Hall–Kier alpha value is -2.31. The maximum atomic E-state index is 13.4. The van der Waals surface area contributed by atoms with Crippen molar-refractivity contribution in [3.05, 3.63) is 65.7 Å². The summed E-state index contributed by atoms with van der Waals surface area (Å²) in [5.74, 6) is 0.407. The van der Waals surface area contributed by atoms with Crippen LogP contribution in [0.25, 0.3) is 0 Å². The van der Waals surface area contributed by atoms with Gasteiger partial charge in [-0.1, -0.05) is 56.3 Å². The fourth-order valence-electron chi connectivity index (χ4n) is 5.32. The second-order valence-electron chi connectivity index (χ2n) is 10.4. The van der Waals surface area contributed by atoms with Gasteiger partial charge in [-0.2, -0.15) is 0 Å². The minimum absolute atomic E-state index is 0.0167. The van der Waals surface area contributed by atoms with Gasteiger partial charge in [-0.25, -0.2) is 0 Å². The molecule has 1 unspecified atom stereocenters. The van der Waals surface area contributed by atoms with Gasteiger partial charge in [-0.15, -0.1) is 11.8 Å². The Morgan fingerprint density at radius 1 is 1.00 bits per heavy atom.